The number of azo groups is 2. The van der Waals surface area contributed by atoms with Crippen molar-refractivity contribution in [2.45, 2.75) is 23.6 Å². The fourth-order valence-electron chi connectivity index (χ4n) is 5.08. The number of rotatable bonds is 12. The topological polar surface area (TPSA) is 234 Å². The number of aromatic hydroxyl groups is 2. The summed E-state index contributed by atoms with van der Waals surface area (Å²) in [5.74, 6) is -1.64. The molecular formula is C32H31N5O10S3. The van der Waals surface area contributed by atoms with E-state index in [2.05, 4.69) is 30.0 Å². The van der Waals surface area contributed by atoms with Crippen LogP contribution >= 0.6 is 0 Å². The van der Waals surface area contributed by atoms with E-state index in [4.69, 9.17) is 4.55 Å². The highest BCUT2D eigenvalue weighted by atomic mass is 32.3. The van der Waals surface area contributed by atoms with Gasteiger partial charge in [0.05, 0.1) is 39.3 Å². The van der Waals surface area contributed by atoms with E-state index in [9.17, 15) is 35.5 Å². The van der Waals surface area contributed by atoms with Crippen molar-refractivity contribution >= 4 is 80.1 Å². The van der Waals surface area contributed by atoms with Gasteiger partial charge < -0.3 is 15.5 Å². The van der Waals surface area contributed by atoms with Crippen molar-refractivity contribution in [1.82, 2.24) is 0 Å². The number of anilines is 1. The molecule has 0 aliphatic rings. The monoisotopic (exact) mass is 741 g/mol. The molecule has 0 amide bonds. The molecule has 4 N–H and O–H groups in total. The van der Waals surface area contributed by atoms with Gasteiger partial charge in [0.25, 0.3) is 0 Å². The van der Waals surface area contributed by atoms with Crippen molar-refractivity contribution in [3.8, 4) is 11.5 Å². The molecule has 0 spiro atoms. The number of phenols is 2. The van der Waals surface area contributed by atoms with E-state index in [-0.39, 0.29) is 38.1 Å². The molecule has 0 bridgehead atoms. The van der Waals surface area contributed by atoms with Gasteiger partial charge in [0, 0.05) is 23.2 Å². The third-order valence-electron chi connectivity index (χ3n) is 7.70. The zero-order chi connectivity index (χ0) is 36.4. The van der Waals surface area contributed by atoms with E-state index in [0.29, 0.717) is 38.8 Å². The van der Waals surface area contributed by atoms with Gasteiger partial charge in [-0.1, -0.05) is 25.1 Å². The van der Waals surface area contributed by atoms with Crippen LogP contribution < -0.4 is 5.32 Å². The fourth-order valence-corrected chi connectivity index (χ4v) is 7.78. The second-order valence-corrected chi connectivity index (χ2v) is 16.3. The van der Waals surface area contributed by atoms with Crippen molar-refractivity contribution in [2.24, 2.45) is 20.5 Å². The number of phenolic OH excluding ortho intramolecular Hbond substituents is 2. The molecule has 0 heterocycles. The van der Waals surface area contributed by atoms with Gasteiger partial charge in [-0.25, -0.2) is 21.0 Å². The zero-order valence-electron chi connectivity index (χ0n) is 26.8. The minimum atomic E-state index is -4.86. The Morgan fingerprint density at radius 2 is 1.38 bits per heavy atom. The lowest BCUT2D eigenvalue weighted by molar-refractivity contribution is 0.284. The average molecular weight is 742 g/mol. The first kappa shape index (κ1) is 36.3. The lowest BCUT2D eigenvalue weighted by Gasteiger charge is -2.11. The Balaban J connectivity index is 1.50. The Hall–Kier alpha value is -5.01. The summed E-state index contributed by atoms with van der Waals surface area (Å²) < 4.78 is 85.2. The quantitative estimate of drug-likeness (QED) is 0.0752. The van der Waals surface area contributed by atoms with Crippen molar-refractivity contribution < 1.29 is 44.2 Å². The highest BCUT2D eigenvalue weighted by molar-refractivity contribution is 7.91. The van der Waals surface area contributed by atoms with Crippen LogP contribution in [-0.2, 0) is 34.3 Å². The molecule has 0 saturated carbocycles. The van der Waals surface area contributed by atoms with Crippen LogP contribution in [0.5, 0.6) is 11.5 Å². The van der Waals surface area contributed by atoms with Gasteiger partial charge in [-0.15, -0.1) is 15.3 Å². The number of aryl methyl sites for hydroxylation is 1. The third kappa shape index (κ3) is 7.58. The Bertz CT molecular complexity index is 2540. The molecule has 0 unspecified atom stereocenters. The van der Waals surface area contributed by atoms with Crippen LogP contribution in [-0.4, -0.2) is 65.2 Å². The summed E-state index contributed by atoms with van der Waals surface area (Å²) >= 11 is 0. The molecule has 5 aromatic carbocycles. The van der Waals surface area contributed by atoms with Gasteiger partial charge in [-0.2, -0.15) is 13.5 Å². The van der Waals surface area contributed by atoms with Crippen LogP contribution in [0.3, 0.4) is 0 Å². The third-order valence-corrected chi connectivity index (χ3v) is 11.6. The largest absolute Gasteiger partial charge is 0.505 e. The first-order chi connectivity index (χ1) is 23.6. The van der Waals surface area contributed by atoms with E-state index >= 15 is 0 Å². The zero-order valence-corrected chi connectivity index (χ0v) is 29.2. The normalized spacial score (nSPS) is 12.8. The van der Waals surface area contributed by atoms with Crippen molar-refractivity contribution in [3.05, 3.63) is 78.4 Å². The molecule has 0 atom stereocenters. The first-order valence-electron chi connectivity index (χ1n) is 14.8. The van der Waals surface area contributed by atoms with Crippen LogP contribution in [0.4, 0.5) is 28.4 Å². The number of sulfone groups is 2. The van der Waals surface area contributed by atoms with Gasteiger partial charge in [0.1, 0.15) is 17.1 Å². The molecule has 18 heteroatoms. The summed E-state index contributed by atoms with van der Waals surface area (Å²) in [7, 11) is -10.8. The van der Waals surface area contributed by atoms with Crippen LogP contribution in [0.2, 0.25) is 0 Å². The number of nitrogens with one attached hydrogen (secondary N) is 1. The number of benzene rings is 5. The maximum absolute atomic E-state index is 13.0. The number of nitrogens with zero attached hydrogens (tertiary/aromatic N) is 4. The van der Waals surface area contributed by atoms with Crippen LogP contribution in [0.1, 0.15) is 12.5 Å². The van der Waals surface area contributed by atoms with Crippen LogP contribution in [0, 0.1) is 6.92 Å². The molecule has 0 radical (unpaired) electrons. The molecule has 262 valence electrons. The van der Waals surface area contributed by atoms with Crippen molar-refractivity contribution in [2.75, 3.05) is 30.5 Å². The number of fused-ring (bicyclic) bond motifs is 2. The van der Waals surface area contributed by atoms with Gasteiger partial charge in [0.2, 0.25) is 0 Å². The van der Waals surface area contributed by atoms with E-state index < -0.39 is 48.2 Å². The molecule has 50 heavy (non-hydrogen) atoms. The van der Waals surface area contributed by atoms with E-state index in [0.717, 1.165) is 0 Å². The van der Waals surface area contributed by atoms with Gasteiger partial charge in [-0.3, -0.25) is 4.55 Å². The fraction of sp³-hybridized carbons (Fsp3) is 0.188. The maximum Gasteiger partial charge on any atom is 0.397 e. The van der Waals surface area contributed by atoms with Crippen molar-refractivity contribution in [1.29, 1.82) is 0 Å². The highest BCUT2D eigenvalue weighted by Crippen LogP contribution is 2.44. The molecule has 0 fully saturated rings. The summed E-state index contributed by atoms with van der Waals surface area (Å²) in [6.07, 6.45) is 0. The lowest BCUT2D eigenvalue weighted by Crippen LogP contribution is -2.15. The Labute approximate surface area is 287 Å². The molecule has 0 aromatic heterocycles. The summed E-state index contributed by atoms with van der Waals surface area (Å²) in [5, 5.41) is 43.4. The SMILES string of the molecule is CCS(=O)(=O)c1ccc(/N=N/c2c(NC)ccc3c(O)c(/N=N/c4ccc5cccc(S(=O)(=O)CCOS(=O)(=O)O)c5c4O)ccc23)c(C)c1. The first-order valence-corrected chi connectivity index (χ1v) is 19.5. The highest BCUT2D eigenvalue weighted by Gasteiger charge is 2.22. The van der Waals surface area contributed by atoms with Crippen LogP contribution in [0.25, 0.3) is 21.5 Å². The van der Waals surface area contributed by atoms with E-state index in [1.54, 1.807) is 51.2 Å². The minimum absolute atomic E-state index is 0.0175. The van der Waals surface area contributed by atoms with Gasteiger partial charge in [-0.05, 0) is 72.5 Å². The second kappa shape index (κ2) is 14.1. The summed E-state index contributed by atoms with van der Waals surface area (Å²) in [5.41, 5.74) is 1.93. The second-order valence-electron chi connectivity index (χ2n) is 10.8. The van der Waals surface area contributed by atoms with Crippen LogP contribution in [0.15, 0.2) is 103 Å². The number of hydrogen-bond donors (Lipinski definition) is 4. The summed E-state index contributed by atoms with van der Waals surface area (Å²) in [6, 6.07) is 18.1. The molecule has 15 nitrogen and oxygen atoms in total. The maximum atomic E-state index is 13.0. The molecule has 0 aliphatic heterocycles. The molecule has 5 rings (SSSR count). The molecule has 0 saturated heterocycles. The van der Waals surface area contributed by atoms with E-state index in [1.165, 1.54) is 42.5 Å². The smallest absolute Gasteiger partial charge is 0.397 e. The minimum Gasteiger partial charge on any atom is -0.505 e. The Morgan fingerprint density at radius 3 is 2.04 bits per heavy atom. The predicted octanol–water partition coefficient (Wildman–Crippen LogP) is 6.97. The van der Waals surface area contributed by atoms with Gasteiger partial charge >= 0.3 is 10.4 Å². The number of hydrogen-bond acceptors (Lipinski definition) is 14. The summed E-state index contributed by atoms with van der Waals surface area (Å²) in [4.78, 5) is -0.133. The predicted molar refractivity (Wildman–Crippen MR) is 188 cm³/mol. The van der Waals surface area contributed by atoms with Crippen molar-refractivity contribution in [3.63, 3.8) is 0 Å². The van der Waals surface area contributed by atoms with E-state index in [1.807, 2.05) is 0 Å². The average Bonchev–Trinajstić information content (AvgIpc) is 3.07. The molecular weight excluding hydrogens is 711 g/mol. The Kier molecular flexibility index (Phi) is 10.2. The lowest BCUT2D eigenvalue weighted by atomic mass is 10.1. The van der Waals surface area contributed by atoms with Gasteiger partial charge in [0.15, 0.2) is 31.2 Å². The standard InChI is InChI=1S/C32H31N5O10S3/c1-4-48(40,41)21-9-13-24(19(2)18-21)34-37-30-22-10-15-26(31(38)23(22)11-14-25(30)33-3)35-36-27-12-8-20-6-5-7-28(29(20)32(27)39)49(42,43)17-16-47-50(44,45)46/h5-15,18,33,38-39H,4,16-17H2,1-3H3,(H,44,45,46)/b36-35+,37-34+. The Morgan fingerprint density at radius 1 is 0.740 bits per heavy atom. The summed E-state index contributed by atoms with van der Waals surface area (Å²) in [6.45, 7) is 2.44. The molecule has 5 aromatic rings. The molecule has 0 aliphatic carbocycles.